The van der Waals surface area contributed by atoms with E-state index >= 15 is 0 Å². The van der Waals surface area contributed by atoms with Gasteiger partial charge < -0.3 is 4.42 Å². The SMILES string of the molecule is Cc1oc2ccc3cc(Br)ccc3c2c1S(=O)(=O)c1ccc(F)cc1. The quantitative estimate of drug-likeness (QED) is 0.396. The highest BCUT2D eigenvalue weighted by Crippen LogP contribution is 2.38. The van der Waals surface area contributed by atoms with Gasteiger partial charge in [-0.25, -0.2) is 12.8 Å². The Morgan fingerprint density at radius 1 is 1.00 bits per heavy atom. The van der Waals surface area contributed by atoms with Crippen LogP contribution in [0.1, 0.15) is 5.76 Å². The Labute approximate surface area is 152 Å². The van der Waals surface area contributed by atoms with Crippen LogP contribution in [0.4, 0.5) is 4.39 Å². The maximum Gasteiger partial charge on any atom is 0.210 e. The van der Waals surface area contributed by atoms with Gasteiger partial charge in [-0.1, -0.05) is 28.1 Å². The van der Waals surface area contributed by atoms with Gasteiger partial charge in [0.15, 0.2) is 0 Å². The van der Waals surface area contributed by atoms with E-state index in [1.54, 1.807) is 13.0 Å². The fraction of sp³-hybridized carbons (Fsp3) is 0.0526. The van der Waals surface area contributed by atoms with Gasteiger partial charge in [-0.2, -0.15) is 0 Å². The van der Waals surface area contributed by atoms with Gasteiger partial charge in [0.05, 0.1) is 4.90 Å². The second kappa shape index (κ2) is 5.68. The molecule has 0 N–H and O–H groups in total. The zero-order valence-corrected chi connectivity index (χ0v) is 15.5. The van der Waals surface area contributed by atoms with Crippen molar-refractivity contribution in [3.63, 3.8) is 0 Å². The van der Waals surface area contributed by atoms with E-state index in [2.05, 4.69) is 15.9 Å². The van der Waals surface area contributed by atoms with Crippen LogP contribution in [0, 0.1) is 12.7 Å². The molecule has 1 heterocycles. The smallest absolute Gasteiger partial charge is 0.210 e. The van der Waals surface area contributed by atoms with Crippen LogP contribution in [-0.4, -0.2) is 8.42 Å². The summed E-state index contributed by atoms with van der Waals surface area (Å²) in [6.45, 7) is 1.63. The number of hydrogen-bond donors (Lipinski definition) is 0. The van der Waals surface area contributed by atoms with Gasteiger partial charge in [-0.05, 0) is 60.2 Å². The van der Waals surface area contributed by atoms with Crippen molar-refractivity contribution in [2.75, 3.05) is 0 Å². The predicted octanol–water partition coefficient (Wildman–Crippen LogP) is 5.63. The van der Waals surface area contributed by atoms with Crippen LogP contribution in [0.15, 0.2) is 73.3 Å². The van der Waals surface area contributed by atoms with Crippen molar-refractivity contribution in [3.05, 3.63) is 70.6 Å². The summed E-state index contributed by atoms with van der Waals surface area (Å²) < 4.78 is 46.1. The molecule has 0 fully saturated rings. The molecule has 0 amide bonds. The third kappa shape index (κ3) is 2.56. The van der Waals surface area contributed by atoms with Crippen LogP contribution >= 0.6 is 15.9 Å². The average molecular weight is 419 g/mol. The zero-order valence-electron chi connectivity index (χ0n) is 13.1. The minimum atomic E-state index is -3.84. The highest BCUT2D eigenvalue weighted by molar-refractivity contribution is 9.10. The lowest BCUT2D eigenvalue weighted by Gasteiger charge is -2.06. The van der Waals surface area contributed by atoms with Crippen molar-refractivity contribution >= 4 is 47.5 Å². The van der Waals surface area contributed by atoms with Gasteiger partial charge in [-0.15, -0.1) is 0 Å². The van der Waals surface area contributed by atoms with E-state index in [9.17, 15) is 12.8 Å². The highest BCUT2D eigenvalue weighted by atomic mass is 79.9. The third-order valence-electron chi connectivity index (χ3n) is 4.15. The first kappa shape index (κ1) is 16.3. The van der Waals surface area contributed by atoms with Crippen molar-refractivity contribution in [1.29, 1.82) is 0 Å². The number of rotatable bonds is 2. The summed E-state index contributed by atoms with van der Waals surface area (Å²) in [6, 6.07) is 14.1. The minimum absolute atomic E-state index is 0.0359. The Bertz CT molecular complexity index is 1230. The molecule has 4 aromatic rings. The summed E-state index contributed by atoms with van der Waals surface area (Å²) in [4.78, 5) is 0.163. The van der Waals surface area contributed by atoms with Gasteiger partial charge in [0.1, 0.15) is 22.1 Å². The van der Waals surface area contributed by atoms with Gasteiger partial charge >= 0.3 is 0 Å². The molecule has 25 heavy (non-hydrogen) atoms. The first-order chi connectivity index (χ1) is 11.9. The van der Waals surface area contributed by atoms with Gasteiger partial charge in [-0.3, -0.25) is 0 Å². The summed E-state index contributed by atoms with van der Waals surface area (Å²) in [5.74, 6) is -0.169. The molecular weight excluding hydrogens is 407 g/mol. The maximum atomic E-state index is 13.2. The van der Waals surface area contributed by atoms with Gasteiger partial charge in [0, 0.05) is 9.86 Å². The number of hydrogen-bond acceptors (Lipinski definition) is 3. The molecule has 0 aliphatic carbocycles. The van der Waals surface area contributed by atoms with Crippen LogP contribution in [0.2, 0.25) is 0 Å². The lowest BCUT2D eigenvalue weighted by Crippen LogP contribution is -2.03. The Hall–Kier alpha value is -2.18. The van der Waals surface area contributed by atoms with Crippen molar-refractivity contribution in [2.45, 2.75) is 16.7 Å². The average Bonchev–Trinajstić information content (AvgIpc) is 2.92. The summed E-state index contributed by atoms with van der Waals surface area (Å²) >= 11 is 3.43. The van der Waals surface area contributed by atoms with Crippen molar-refractivity contribution in [1.82, 2.24) is 0 Å². The lowest BCUT2D eigenvalue weighted by molar-refractivity contribution is 0.557. The summed E-state index contributed by atoms with van der Waals surface area (Å²) in [5, 5.41) is 2.24. The van der Waals surface area contributed by atoms with E-state index < -0.39 is 15.7 Å². The van der Waals surface area contributed by atoms with Crippen molar-refractivity contribution in [2.24, 2.45) is 0 Å². The second-order valence-electron chi connectivity index (χ2n) is 5.75. The van der Waals surface area contributed by atoms with E-state index in [0.717, 1.165) is 27.4 Å². The molecule has 6 heteroatoms. The molecule has 0 saturated heterocycles. The van der Waals surface area contributed by atoms with Crippen LogP contribution in [0.5, 0.6) is 0 Å². The molecule has 0 unspecified atom stereocenters. The molecule has 0 saturated carbocycles. The first-order valence-corrected chi connectivity index (χ1v) is 9.77. The molecule has 3 nitrogen and oxygen atoms in total. The van der Waals surface area contributed by atoms with Crippen LogP contribution < -0.4 is 0 Å². The van der Waals surface area contributed by atoms with Gasteiger partial charge in [0.25, 0.3) is 0 Å². The molecule has 4 rings (SSSR count). The largest absolute Gasteiger partial charge is 0.460 e. The van der Waals surface area contributed by atoms with E-state index in [1.165, 1.54) is 12.1 Å². The Morgan fingerprint density at radius 2 is 1.72 bits per heavy atom. The Balaban J connectivity index is 2.10. The summed E-state index contributed by atoms with van der Waals surface area (Å²) in [5.41, 5.74) is 0.507. The molecular formula is C19H12BrFO3S. The molecule has 0 spiro atoms. The minimum Gasteiger partial charge on any atom is -0.460 e. The highest BCUT2D eigenvalue weighted by Gasteiger charge is 2.27. The standard InChI is InChI=1S/C19H12BrFO3S/c1-11-19(25(22,23)15-6-4-14(21)5-7-15)18-16-8-3-13(20)10-12(16)2-9-17(18)24-11/h2-10H,1H3. The van der Waals surface area contributed by atoms with E-state index in [1.807, 2.05) is 24.3 Å². The number of sulfone groups is 1. The molecule has 0 bridgehead atoms. The molecule has 1 aromatic heterocycles. The van der Waals surface area contributed by atoms with Crippen molar-refractivity contribution < 1.29 is 17.2 Å². The predicted molar refractivity (Wildman–Crippen MR) is 98.0 cm³/mol. The lowest BCUT2D eigenvalue weighted by atomic mass is 10.1. The molecule has 0 atom stereocenters. The molecule has 0 aliphatic rings. The van der Waals surface area contributed by atoms with E-state index in [0.29, 0.717) is 16.7 Å². The Morgan fingerprint density at radius 3 is 2.44 bits per heavy atom. The fourth-order valence-corrected chi connectivity index (χ4v) is 5.05. The van der Waals surface area contributed by atoms with E-state index in [4.69, 9.17) is 4.42 Å². The maximum absolute atomic E-state index is 13.2. The van der Waals surface area contributed by atoms with Crippen LogP contribution in [-0.2, 0) is 9.84 Å². The zero-order chi connectivity index (χ0) is 17.8. The molecule has 0 aliphatic heterocycles. The number of halogens is 2. The number of furan rings is 1. The molecule has 126 valence electrons. The monoisotopic (exact) mass is 418 g/mol. The summed E-state index contributed by atoms with van der Waals surface area (Å²) in [7, 11) is -3.84. The number of aryl methyl sites for hydroxylation is 1. The number of fused-ring (bicyclic) bond motifs is 3. The molecule has 0 radical (unpaired) electrons. The van der Waals surface area contributed by atoms with Crippen LogP contribution in [0.3, 0.4) is 0 Å². The first-order valence-electron chi connectivity index (χ1n) is 7.50. The number of benzene rings is 3. The third-order valence-corrected chi connectivity index (χ3v) is 6.56. The Kier molecular flexibility index (Phi) is 3.70. The van der Waals surface area contributed by atoms with E-state index in [-0.39, 0.29) is 9.79 Å². The van der Waals surface area contributed by atoms with Crippen LogP contribution in [0.25, 0.3) is 21.7 Å². The summed E-state index contributed by atoms with van der Waals surface area (Å²) in [6.07, 6.45) is 0. The van der Waals surface area contributed by atoms with Crippen molar-refractivity contribution in [3.8, 4) is 0 Å². The normalized spacial score (nSPS) is 12.1. The molecule has 3 aromatic carbocycles. The fourth-order valence-electron chi connectivity index (χ4n) is 3.04. The second-order valence-corrected chi connectivity index (χ2v) is 8.55. The topological polar surface area (TPSA) is 47.3 Å². The van der Waals surface area contributed by atoms with Gasteiger partial charge in [0.2, 0.25) is 9.84 Å².